The van der Waals surface area contributed by atoms with Crippen molar-refractivity contribution in [2.45, 2.75) is 25.7 Å². The molecular formula is C13H20N2O2. The highest BCUT2D eigenvalue weighted by atomic mass is 16.5. The van der Waals surface area contributed by atoms with Crippen LogP contribution in [0.4, 0.5) is 5.69 Å². The number of benzene rings is 1. The summed E-state index contributed by atoms with van der Waals surface area (Å²) in [7, 11) is 1.59. The molecule has 0 saturated carbocycles. The van der Waals surface area contributed by atoms with Gasteiger partial charge in [0.2, 0.25) is 5.91 Å². The first-order valence-electron chi connectivity index (χ1n) is 5.91. The molecule has 0 aliphatic carbocycles. The summed E-state index contributed by atoms with van der Waals surface area (Å²) in [5, 5.41) is 2.84. The minimum Gasteiger partial charge on any atom is -0.495 e. The molecule has 1 aromatic carbocycles. The highest BCUT2D eigenvalue weighted by Crippen LogP contribution is 2.23. The molecule has 1 amide bonds. The summed E-state index contributed by atoms with van der Waals surface area (Å²) < 4.78 is 5.16. The number of hydrogen-bond acceptors (Lipinski definition) is 3. The molecule has 1 rings (SSSR count). The molecular weight excluding hydrogens is 216 g/mol. The summed E-state index contributed by atoms with van der Waals surface area (Å²) in [5.41, 5.74) is 6.11. The molecule has 0 atom stereocenters. The summed E-state index contributed by atoms with van der Waals surface area (Å²) in [6.45, 7) is 0.689. The highest BCUT2D eigenvalue weighted by molar-refractivity contribution is 5.92. The first-order valence-corrected chi connectivity index (χ1v) is 5.91. The average molecular weight is 236 g/mol. The predicted octanol–water partition coefficient (Wildman–Crippen LogP) is 2.15. The molecule has 3 N–H and O–H groups in total. The molecule has 0 aromatic heterocycles. The van der Waals surface area contributed by atoms with Crippen molar-refractivity contribution in [3.63, 3.8) is 0 Å². The second-order valence-corrected chi connectivity index (χ2v) is 3.85. The van der Waals surface area contributed by atoms with Gasteiger partial charge in [-0.1, -0.05) is 18.6 Å². The molecule has 1 aromatic rings. The van der Waals surface area contributed by atoms with E-state index in [0.717, 1.165) is 24.9 Å². The van der Waals surface area contributed by atoms with Gasteiger partial charge in [-0.3, -0.25) is 4.79 Å². The largest absolute Gasteiger partial charge is 0.495 e. The van der Waals surface area contributed by atoms with Gasteiger partial charge in [0.15, 0.2) is 0 Å². The van der Waals surface area contributed by atoms with Gasteiger partial charge in [-0.15, -0.1) is 0 Å². The third-order valence-electron chi connectivity index (χ3n) is 2.49. The number of amides is 1. The van der Waals surface area contributed by atoms with Crippen molar-refractivity contribution < 1.29 is 9.53 Å². The molecule has 0 spiro atoms. The first kappa shape index (κ1) is 13.5. The van der Waals surface area contributed by atoms with Crippen LogP contribution in [-0.2, 0) is 4.79 Å². The Kier molecular flexibility index (Phi) is 6.10. The summed E-state index contributed by atoms with van der Waals surface area (Å²) in [6.07, 6.45) is 3.37. The van der Waals surface area contributed by atoms with E-state index in [9.17, 15) is 4.79 Å². The van der Waals surface area contributed by atoms with Crippen molar-refractivity contribution in [1.29, 1.82) is 0 Å². The van der Waals surface area contributed by atoms with Gasteiger partial charge >= 0.3 is 0 Å². The molecule has 0 saturated heterocycles. The van der Waals surface area contributed by atoms with E-state index >= 15 is 0 Å². The minimum absolute atomic E-state index is 0.0199. The van der Waals surface area contributed by atoms with Gasteiger partial charge in [-0.2, -0.15) is 0 Å². The smallest absolute Gasteiger partial charge is 0.224 e. The Bertz CT molecular complexity index is 353. The van der Waals surface area contributed by atoms with E-state index in [-0.39, 0.29) is 5.91 Å². The van der Waals surface area contributed by atoms with Gasteiger partial charge in [0.1, 0.15) is 5.75 Å². The summed E-state index contributed by atoms with van der Waals surface area (Å²) >= 11 is 0. The van der Waals surface area contributed by atoms with Crippen LogP contribution in [-0.4, -0.2) is 19.6 Å². The molecule has 0 aliphatic rings. The number of carbonyl (C=O) groups is 1. The maximum absolute atomic E-state index is 11.6. The standard InChI is InChI=1S/C13H20N2O2/c1-17-12-8-5-4-7-11(12)15-13(16)9-3-2-6-10-14/h4-5,7-8H,2-3,6,9-10,14H2,1H3,(H,15,16). The van der Waals surface area contributed by atoms with Crippen molar-refractivity contribution in [3.05, 3.63) is 24.3 Å². The van der Waals surface area contributed by atoms with Crippen LogP contribution in [0.15, 0.2) is 24.3 Å². The zero-order valence-electron chi connectivity index (χ0n) is 10.2. The monoisotopic (exact) mass is 236 g/mol. The zero-order valence-corrected chi connectivity index (χ0v) is 10.2. The number of para-hydroxylation sites is 2. The van der Waals surface area contributed by atoms with E-state index < -0.39 is 0 Å². The first-order chi connectivity index (χ1) is 8.27. The lowest BCUT2D eigenvalue weighted by molar-refractivity contribution is -0.116. The Hall–Kier alpha value is -1.55. The van der Waals surface area contributed by atoms with E-state index in [1.807, 2.05) is 24.3 Å². The second-order valence-electron chi connectivity index (χ2n) is 3.85. The van der Waals surface area contributed by atoms with Crippen LogP contribution in [0.2, 0.25) is 0 Å². The lowest BCUT2D eigenvalue weighted by atomic mass is 10.2. The van der Waals surface area contributed by atoms with Crippen LogP contribution in [0.1, 0.15) is 25.7 Å². The number of hydrogen-bond donors (Lipinski definition) is 2. The Morgan fingerprint density at radius 1 is 1.29 bits per heavy atom. The molecule has 0 bridgehead atoms. The fourth-order valence-electron chi connectivity index (χ4n) is 1.57. The van der Waals surface area contributed by atoms with Crippen molar-refractivity contribution in [2.75, 3.05) is 19.0 Å². The lowest BCUT2D eigenvalue weighted by Gasteiger charge is -2.09. The number of rotatable bonds is 7. The van der Waals surface area contributed by atoms with Gasteiger partial charge in [0, 0.05) is 6.42 Å². The van der Waals surface area contributed by atoms with Crippen molar-refractivity contribution in [1.82, 2.24) is 0 Å². The van der Waals surface area contributed by atoms with E-state index in [2.05, 4.69) is 5.32 Å². The molecule has 4 nitrogen and oxygen atoms in total. The third-order valence-corrected chi connectivity index (χ3v) is 2.49. The van der Waals surface area contributed by atoms with Gasteiger partial charge < -0.3 is 15.8 Å². The van der Waals surface area contributed by atoms with E-state index in [4.69, 9.17) is 10.5 Å². The minimum atomic E-state index is 0.0199. The second kappa shape index (κ2) is 7.68. The number of carbonyl (C=O) groups excluding carboxylic acids is 1. The van der Waals surface area contributed by atoms with Crippen LogP contribution >= 0.6 is 0 Å². The summed E-state index contributed by atoms with van der Waals surface area (Å²) in [5.74, 6) is 0.703. The van der Waals surface area contributed by atoms with E-state index in [0.29, 0.717) is 18.7 Å². The normalized spacial score (nSPS) is 10.0. The maximum Gasteiger partial charge on any atom is 0.224 e. The van der Waals surface area contributed by atoms with Crippen LogP contribution in [0.3, 0.4) is 0 Å². The van der Waals surface area contributed by atoms with Gasteiger partial charge in [-0.05, 0) is 31.5 Å². The summed E-state index contributed by atoms with van der Waals surface area (Å²) in [6, 6.07) is 7.39. The molecule has 17 heavy (non-hydrogen) atoms. The van der Waals surface area contributed by atoms with Crippen LogP contribution in [0.5, 0.6) is 5.75 Å². The van der Waals surface area contributed by atoms with E-state index in [1.165, 1.54) is 0 Å². The van der Waals surface area contributed by atoms with Crippen LogP contribution in [0.25, 0.3) is 0 Å². The topological polar surface area (TPSA) is 64.3 Å². The van der Waals surface area contributed by atoms with Crippen LogP contribution in [0, 0.1) is 0 Å². The number of nitrogens with two attached hydrogens (primary N) is 1. The molecule has 4 heteroatoms. The number of unbranched alkanes of at least 4 members (excludes halogenated alkanes) is 2. The van der Waals surface area contributed by atoms with Crippen molar-refractivity contribution in [3.8, 4) is 5.75 Å². The van der Waals surface area contributed by atoms with Gasteiger partial charge in [0.25, 0.3) is 0 Å². The van der Waals surface area contributed by atoms with E-state index in [1.54, 1.807) is 7.11 Å². The van der Waals surface area contributed by atoms with Gasteiger partial charge in [0.05, 0.1) is 12.8 Å². The fourth-order valence-corrected chi connectivity index (χ4v) is 1.57. The Labute approximate surface area is 102 Å². The molecule has 94 valence electrons. The molecule has 0 fully saturated rings. The number of nitrogens with one attached hydrogen (secondary N) is 1. The SMILES string of the molecule is COc1ccccc1NC(=O)CCCCCN. The summed E-state index contributed by atoms with van der Waals surface area (Å²) in [4.78, 5) is 11.6. The number of methoxy groups -OCH3 is 1. The molecule has 0 heterocycles. The quantitative estimate of drug-likeness (QED) is 0.713. The Morgan fingerprint density at radius 3 is 2.76 bits per heavy atom. The Morgan fingerprint density at radius 2 is 2.06 bits per heavy atom. The van der Waals surface area contributed by atoms with Crippen LogP contribution < -0.4 is 15.8 Å². The van der Waals surface area contributed by atoms with Gasteiger partial charge in [-0.25, -0.2) is 0 Å². The fraction of sp³-hybridized carbons (Fsp3) is 0.462. The predicted molar refractivity (Wildman–Crippen MR) is 69.1 cm³/mol. The average Bonchev–Trinajstić information content (AvgIpc) is 2.35. The Balaban J connectivity index is 2.39. The maximum atomic E-state index is 11.6. The highest BCUT2D eigenvalue weighted by Gasteiger charge is 2.05. The lowest BCUT2D eigenvalue weighted by Crippen LogP contribution is -2.12. The van der Waals surface area contributed by atoms with Crippen molar-refractivity contribution >= 4 is 11.6 Å². The number of anilines is 1. The van der Waals surface area contributed by atoms with Crippen molar-refractivity contribution in [2.24, 2.45) is 5.73 Å². The molecule has 0 unspecified atom stereocenters. The molecule has 0 radical (unpaired) electrons. The third kappa shape index (κ3) is 4.87. The number of ether oxygens (including phenoxy) is 1. The molecule has 0 aliphatic heterocycles. The zero-order chi connectivity index (χ0) is 12.5.